The number of anilines is 1. The van der Waals surface area contributed by atoms with Crippen LogP contribution in [-0.4, -0.2) is 15.9 Å². The summed E-state index contributed by atoms with van der Waals surface area (Å²) in [5, 5.41) is 3.78. The van der Waals surface area contributed by atoms with Crippen LogP contribution in [0.3, 0.4) is 0 Å². The molecule has 0 saturated heterocycles. The second kappa shape index (κ2) is 8.01. The Morgan fingerprint density at radius 2 is 2.04 bits per heavy atom. The van der Waals surface area contributed by atoms with E-state index in [1.54, 1.807) is 30.8 Å². The molecule has 130 valence electrons. The van der Waals surface area contributed by atoms with Crippen LogP contribution in [0.15, 0.2) is 51.5 Å². The smallest absolute Gasteiger partial charge is 0.236 e. The van der Waals surface area contributed by atoms with Gasteiger partial charge in [-0.25, -0.2) is 4.39 Å². The van der Waals surface area contributed by atoms with Crippen molar-refractivity contribution in [3.63, 3.8) is 0 Å². The first-order chi connectivity index (χ1) is 12.0. The lowest BCUT2D eigenvalue weighted by atomic mass is 9.91. The Kier molecular flexibility index (Phi) is 5.75. The third-order valence-electron chi connectivity index (χ3n) is 3.78. The minimum Gasteiger partial charge on any atom is -0.398 e. The van der Waals surface area contributed by atoms with E-state index in [9.17, 15) is 4.39 Å². The third-order valence-corrected chi connectivity index (χ3v) is 5.30. The van der Waals surface area contributed by atoms with E-state index in [2.05, 4.69) is 26.1 Å². The number of hydrogen-bond acceptors (Lipinski definition) is 5. The maximum atomic E-state index is 14.4. The number of halogens is 2. The monoisotopic (exact) mass is 421 g/mol. The first-order valence-corrected chi connectivity index (χ1v) is 9.65. The Bertz CT molecular complexity index is 871. The molecule has 0 fully saturated rings. The SMILES string of the molecule is Cc1noc(CSCC(c2cc(Br)ccc2N)c2ccccc2F)n1. The molecule has 0 amide bonds. The minimum absolute atomic E-state index is 0.173. The number of aromatic nitrogens is 2. The lowest BCUT2D eigenvalue weighted by molar-refractivity contribution is 0.387. The lowest BCUT2D eigenvalue weighted by Gasteiger charge is -2.20. The molecule has 7 heteroatoms. The molecule has 0 saturated carbocycles. The van der Waals surface area contributed by atoms with Crippen molar-refractivity contribution >= 4 is 33.4 Å². The molecule has 3 aromatic rings. The van der Waals surface area contributed by atoms with Gasteiger partial charge < -0.3 is 10.3 Å². The van der Waals surface area contributed by atoms with Crippen LogP contribution < -0.4 is 5.73 Å². The van der Waals surface area contributed by atoms with Gasteiger partial charge in [0.25, 0.3) is 0 Å². The van der Waals surface area contributed by atoms with Gasteiger partial charge in [0.15, 0.2) is 5.82 Å². The Labute approximate surface area is 158 Å². The maximum absolute atomic E-state index is 14.4. The zero-order valence-electron chi connectivity index (χ0n) is 13.6. The molecule has 0 aliphatic carbocycles. The van der Waals surface area contributed by atoms with Crippen molar-refractivity contribution in [2.24, 2.45) is 0 Å². The fraction of sp³-hybridized carbons (Fsp3) is 0.222. The average molecular weight is 422 g/mol. The zero-order chi connectivity index (χ0) is 17.8. The summed E-state index contributed by atoms with van der Waals surface area (Å²) in [6.45, 7) is 1.78. The summed E-state index contributed by atoms with van der Waals surface area (Å²) in [4.78, 5) is 4.20. The van der Waals surface area contributed by atoms with Crippen LogP contribution in [-0.2, 0) is 5.75 Å². The number of thioether (sulfide) groups is 1. The van der Waals surface area contributed by atoms with Crippen molar-refractivity contribution in [2.75, 3.05) is 11.5 Å². The number of benzene rings is 2. The van der Waals surface area contributed by atoms with Gasteiger partial charge in [-0.1, -0.05) is 39.3 Å². The topological polar surface area (TPSA) is 64.9 Å². The van der Waals surface area contributed by atoms with Gasteiger partial charge in [-0.2, -0.15) is 16.7 Å². The Morgan fingerprint density at radius 3 is 2.76 bits per heavy atom. The highest BCUT2D eigenvalue weighted by molar-refractivity contribution is 9.10. The van der Waals surface area contributed by atoms with Gasteiger partial charge in [0.05, 0.1) is 5.75 Å². The predicted molar refractivity (Wildman–Crippen MR) is 102 cm³/mol. The Balaban J connectivity index is 1.86. The largest absolute Gasteiger partial charge is 0.398 e. The molecule has 0 spiro atoms. The van der Waals surface area contributed by atoms with Crippen LogP contribution >= 0.6 is 27.7 Å². The molecular formula is C18H17BrFN3OS. The number of nitrogens with zero attached hydrogens (tertiary/aromatic N) is 2. The second-order valence-corrected chi connectivity index (χ2v) is 7.54. The third kappa shape index (κ3) is 4.41. The first-order valence-electron chi connectivity index (χ1n) is 7.71. The molecular weight excluding hydrogens is 405 g/mol. The van der Waals surface area contributed by atoms with E-state index in [1.165, 1.54) is 6.07 Å². The molecule has 1 aromatic heterocycles. The molecule has 3 rings (SSSR count). The summed E-state index contributed by atoms with van der Waals surface area (Å²) in [6, 6.07) is 12.5. The second-order valence-electron chi connectivity index (χ2n) is 5.60. The first kappa shape index (κ1) is 17.9. The Morgan fingerprint density at radius 1 is 1.24 bits per heavy atom. The predicted octanol–water partition coefficient (Wildman–Crippen LogP) is 4.93. The highest BCUT2D eigenvalue weighted by Gasteiger charge is 2.21. The van der Waals surface area contributed by atoms with Crippen molar-refractivity contribution in [3.8, 4) is 0 Å². The molecule has 2 N–H and O–H groups in total. The molecule has 0 aliphatic heterocycles. The van der Waals surface area contributed by atoms with Gasteiger partial charge in [0.2, 0.25) is 5.89 Å². The van der Waals surface area contributed by atoms with E-state index >= 15 is 0 Å². The van der Waals surface area contributed by atoms with E-state index in [-0.39, 0.29) is 11.7 Å². The summed E-state index contributed by atoms with van der Waals surface area (Å²) in [5.41, 5.74) is 8.34. The van der Waals surface area contributed by atoms with Crippen molar-refractivity contribution in [1.29, 1.82) is 0 Å². The van der Waals surface area contributed by atoms with Gasteiger partial charge in [0.1, 0.15) is 5.82 Å². The fourth-order valence-corrected chi connectivity index (χ4v) is 4.00. The van der Waals surface area contributed by atoms with Crippen molar-refractivity contribution < 1.29 is 8.91 Å². The molecule has 1 heterocycles. The number of nitrogen functional groups attached to an aromatic ring is 1. The van der Waals surface area contributed by atoms with Crippen molar-refractivity contribution in [1.82, 2.24) is 10.1 Å². The minimum atomic E-state index is -0.235. The highest BCUT2D eigenvalue weighted by atomic mass is 79.9. The molecule has 25 heavy (non-hydrogen) atoms. The number of rotatable bonds is 6. The van der Waals surface area contributed by atoms with E-state index in [0.717, 1.165) is 10.0 Å². The van der Waals surface area contributed by atoms with Crippen LogP contribution in [0, 0.1) is 12.7 Å². The molecule has 2 aromatic carbocycles. The van der Waals surface area contributed by atoms with E-state index in [0.29, 0.717) is 34.5 Å². The lowest BCUT2D eigenvalue weighted by Crippen LogP contribution is -2.09. The maximum Gasteiger partial charge on any atom is 0.236 e. The van der Waals surface area contributed by atoms with Gasteiger partial charge >= 0.3 is 0 Å². The molecule has 4 nitrogen and oxygen atoms in total. The van der Waals surface area contributed by atoms with E-state index < -0.39 is 0 Å². The molecule has 0 aliphatic rings. The number of aryl methyl sites for hydroxylation is 1. The van der Waals surface area contributed by atoms with Crippen LogP contribution in [0.5, 0.6) is 0 Å². The molecule has 1 unspecified atom stereocenters. The normalized spacial score (nSPS) is 12.3. The summed E-state index contributed by atoms with van der Waals surface area (Å²) < 4.78 is 20.5. The van der Waals surface area contributed by atoms with E-state index in [1.807, 2.05) is 24.3 Å². The quantitative estimate of drug-likeness (QED) is 0.571. The fourth-order valence-electron chi connectivity index (χ4n) is 2.61. The molecule has 0 radical (unpaired) electrons. The molecule has 1 atom stereocenters. The zero-order valence-corrected chi connectivity index (χ0v) is 16.0. The Hall–Kier alpha value is -1.86. The van der Waals surface area contributed by atoms with Gasteiger partial charge in [-0.05, 0) is 42.3 Å². The summed E-state index contributed by atoms with van der Waals surface area (Å²) in [6.07, 6.45) is 0. The van der Waals surface area contributed by atoms with Crippen molar-refractivity contribution in [2.45, 2.75) is 18.6 Å². The summed E-state index contributed by atoms with van der Waals surface area (Å²) >= 11 is 5.08. The standard InChI is InChI=1S/C18H17BrFN3OS/c1-11-22-18(24-23-11)10-25-9-15(13-4-2-3-5-16(13)20)14-8-12(19)6-7-17(14)21/h2-8,15H,9-10,21H2,1H3. The van der Waals surface area contributed by atoms with Crippen LogP contribution in [0.2, 0.25) is 0 Å². The number of hydrogen-bond donors (Lipinski definition) is 1. The van der Waals surface area contributed by atoms with Crippen molar-refractivity contribution in [3.05, 3.63) is 75.6 Å². The van der Waals surface area contributed by atoms with Gasteiger partial charge in [-0.3, -0.25) is 0 Å². The van der Waals surface area contributed by atoms with Crippen LogP contribution in [0.25, 0.3) is 0 Å². The van der Waals surface area contributed by atoms with Crippen LogP contribution in [0.4, 0.5) is 10.1 Å². The average Bonchev–Trinajstić information content (AvgIpc) is 3.00. The molecule has 0 bridgehead atoms. The number of nitrogens with two attached hydrogens (primary N) is 1. The summed E-state index contributed by atoms with van der Waals surface area (Å²) in [7, 11) is 0. The van der Waals surface area contributed by atoms with E-state index in [4.69, 9.17) is 10.3 Å². The van der Waals surface area contributed by atoms with Crippen LogP contribution in [0.1, 0.15) is 28.8 Å². The summed E-state index contributed by atoms with van der Waals surface area (Å²) in [5.74, 6) is 1.98. The van der Waals surface area contributed by atoms with Gasteiger partial charge in [-0.15, -0.1) is 0 Å². The van der Waals surface area contributed by atoms with Gasteiger partial charge in [0, 0.05) is 21.8 Å². The highest BCUT2D eigenvalue weighted by Crippen LogP contribution is 2.35.